The van der Waals surface area contributed by atoms with Gasteiger partial charge in [-0.15, -0.1) is 44.5 Å². The molecule has 0 unspecified atom stereocenters. The molecule has 0 amide bonds. The van der Waals surface area contributed by atoms with Crippen LogP contribution >= 0.6 is 0 Å². The molecule has 2 aliphatic heterocycles. The number of rotatable bonds is 6. The Labute approximate surface area is 456 Å². The third-order valence-electron chi connectivity index (χ3n) is 14.3. The number of fused-ring (bicyclic) bond motifs is 8. The Bertz CT molecular complexity index is 3690. The summed E-state index contributed by atoms with van der Waals surface area (Å²) < 4.78 is 7.54. The van der Waals surface area contributed by atoms with Crippen molar-refractivity contribution < 1.29 is 51.3 Å². The molecule has 4 aliphatic rings. The van der Waals surface area contributed by atoms with E-state index in [0.29, 0.717) is 0 Å². The number of hydrogen-bond donors (Lipinski definition) is 0. The van der Waals surface area contributed by atoms with Crippen LogP contribution in [0.1, 0.15) is 67.0 Å². The van der Waals surface area contributed by atoms with E-state index in [2.05, 4.69) is 189 Å². The van der Waals surface area contributed by atoms with Crippen molar-refractivity contribution >= 4 is 46.7 Å². The molecule has 74 heavy (non-hydrogen) atoms. The van der Waals surface area contributed by atoms with E-state index in [0.717, 1.165) is 57.2 Å². The molecule has 0 radical (unpaired) electrons. The van der Waals surface area contributed by atoms with Gasteiger partial charge in [0.2, 0.25) is 0 Å². The van der Waals surface area contributed by atoms with Gasteiger partial charge in [-0.05, 0) is 72.2 Å². The number of nitrogens with zero attached hydrogens (tertiary/aromatic N) is 12. The van der Waals surface area contributed by atoms with E-state index >= 15 is 0 Å². The van der Waals surface area contributed by atoms with E-state index in [1.807, 2.05) is 56.7 Å². The van der Waals surface area contributed by atoms with Crippen LogP contribution in [0.5, 0.6) is 0 Å². The van der Waals surface area contributed by atoms with E-state index in [1.165, 1.54) is 66.8 Å². The molecule has 0 saturated heterocycles. The van der Waals surface area contributed by atoms with E-state index < -0.39 is 10.8 Å². The predicted molar refractivity (Wildman–Crippen MR) is 275 cm³/mol. The van der Waals surface area contributed by atoms with Gasteiger partial charge in [-0.3, -0.25) is 0 Å². The summed E-state index contributed by atoms with van der Waals surface area (Å²) >= 11 is 0. The van der Waals surface area contributed by atoms with Crippen LogP contribution in [0.3, 0.4) is 0 Å². The Hall–Kier alpha value is -7.96. The Morgan fingerprint density at radius 2 is 0.770 bits per heavy atom. The summed E-state index contributed by atoms with van der Waals surface area (Å²) in [6.45, 7) is 8.54. The Kier molecular flexibility index (Phi) is 12.1. The van der Waals surface area contributed by atoms with Crippen LogP contribution in [0.25, 0.3) is 22.3 Å². The molecule has 0 spiro atoms. The normalized spacial score (nSPS) is 14.2. The zero-order chi connectivity index (χ0) is 48.9. The zero-order valence-electron chi connectivity index (χ0n) is 41.0. The molecule has 0 saturated carbocycles. The fraction of sp³-hybridized carbons (Fsp3) is 0.133. The first kappa shape index (κ1) is 48.3. The maximum Gasteiger partial charge on any atom is 2.00 e. The van der Waals surface area contributed by atoms with E-state index in [9.17, 15) is 0 Å². The van der Waals surface area contributed by atoms with Gasteiger partial charge in [-0.25, -0.2) is 0 Å². The first-order valence-electron chi connectivity index (χ1n) is 23.8. The first-order chi connectivity index (χ1) is 35.1. The monoisotopic (exact) mass is 1320 g/mol. The van der Waals surface area contributed by atoms with E-state index in [1.54, 1.807) is 37.2 Å². The maximum absolute atomic E-state index is 4.65. The maximum atomic E-state index is 4.65. The van der Waals surface area contributed by atoms with Gasteiger partial charge in [0.05, 0.1) is 34.6 Å². The Morgan fingerprint density at radius 1 is 0.432 bits per heavy atom. The second kappa shape index (κ2) is 18.5. The zero-order valence-corrected chi connectivity index (χ0v) is 45.6. The van der Waals surface area contributed by atoms with Crippen LogP contribution in [-0.4, -0.2) is 65.4 Å². The fourth-order valence-electron chi connectivity index (χ4n) is 11.2. The molecular formula is C60H44N12Pt2+4. The molecule has 14 heteroatoms. The van der Waals surface area contributed by atoms with Crippen LogP contribution in [-0.2, 0) is 53.0 Å². The summed E-state index contributed by atoms with van der Waals surface area (Å²) in [5, 5.41) is 17.8. The smallest absolute Gasteiger partial charge is 0.581 e. The van der Waals surface area contributed by atoms with E-state index in [-0.39, 0.29) is 42.1 Å². The minimum Gasteiger partial charge on any atom is -0.581 e. The molecule has 12 nitrogen and oxygen atoms in total. The predicted octanol–water partition coefficient (Wildman–Crippen LogP) is 9.80. The molecule has 6 aromatic carbocycles. The molecule has 0 fully saturated rings. The van der Waals surface area contributed by atoms with Crippen molar-refractivity contribution in [2.75, 3.05) is 14.1 Å². The van der Waals surface area contributed by atoms with Crippen LogP contribution in [0, 0.1) is 39.8 Å². The van der Waals surface area contributed by atoms with Gasteiger partial charge >= 0.3 is 77.4 Å². The molecule has 6 heterocycles. The molecule has 4 aromatic heterocycles. The summed E-state index contributed by atoms with van der Waals surface area (Å²) in [6.07, 6.45) is 10.3. The average Bonchev–Trinajstić information content (AvgIpc) is 4.28. The number of aryl methyl sites for hydroxylation is 4. The molecule has 360 valence electrons. The second-order valence-corrected chi connectivity index (χ2v) is 18.8. The summed E-state index contributed by atoms with van der Waals surface area (Å²) in [6, 6.07) is 57.4. The molecule has 10 aromatic rings. The van der Waals surface area contributed by atoms with Crippen molar-refractivity contribution in [3.05, 3.63) is 238 Å². The van der Waals surface area contributed by atoms with Crippen molar-refractivity contribution in [2.45, 2.75) is 38.5 Å². The molecule has 0 N–H and O–H groups in total. The fourth-order valence-corrected chi connectivity index (χ4v) is 11.2. The standard InChI is InChI=1S/2C30H22N6.2Pt/c2*1-19-7-9-23-24-10-8-20(2)16-26(24)30(25(23)15-19,27-11-12-33-34-27)21-5-4-6-22(17-21)36-18-35(3)28-29(36)32-14-13-31-28;;/h2*4-16H,1-3H3;;/q;;2*+2. The quantitative estimate of drug-likeness (QED) is 0.119. The van der Waals surface area contributed by atoms with Crippen LogP contribution in [0.2, 0.25) is 0 Å². The van der Waals surface area contributed by atoms with Gasteiger partial charge in [0.25, 0.3) is 0 Å². The Balaban J connectivity index is 0.000000155. The van der Waals surface area contributed by atoms with Gasteiger partial charge in [0.15, 0.2) is 12.4 Å². The summed E-state index contributed by atoms with van der Waals surface area (Å²) in [4.78, 5) is 18.1. The number of aromatic nitrogens is 8. The molecule has 0 bridgehead atoms. The number of hydrogen-bond acceptors (Lipinski definition) is 6. The largest absolute Gasteiger partial charge is 2.00 e. The molecular weight excluding hydrogens is 1280 g/mol. The number of benzene rings is 6. The first-order valence-corrected chi connectivity index (χ1v) is 23.8. The van der Waals surface area contributed by atoms with Crippen molar-refractivity contribution in [2.24, 2.45) is 0 Å². The van der Waals surface area contributed by atoms with Crippen LogP contribution < -0.4 is 19.3 Å². The van der Waals surface area contributed by atoms with Gasteiger partial charge < -0.3 is 20.4 Å². The molecule has 0 atom stereocenters. The van der Waals surface area contributed by atoms with Crippen molar-refractivity contribution in [1.29, 1.82) is 0 Å². The summed E-state index contributed by atoms with van der Waals surface area (Å²) in [5.41, 5.74) is 18.6. The van der Waals surface area contributed by atoms with Crippen molar-refractivity contribution in [3.8, 4) is 22.3 Å². The summed E-state index contributed by atoms with van der Waals surface area (Å²) in [7, 11) is 3.85. The SMILES string of the molecule is Cc1ccc2c(c1)C(c1[c-]c([N+]3=C=[N+](C)c4nccnc43)ccc1)(c1cc[n-]n1)c1cc(C)ccc1-2.Cc1ccc2c(c1)C(c1[c-]c([N+]3=C=[N+](C)c4nccnc43)ccc1)(c1cc[n-]n1)c1cc(C)ccc1-2.[Pt+2].[Pt+2]. The van der Waals surface area contributed by atoms with Gasteiger partial charge in [0.1, 0.15) is 14.1 Å². The van der Waals surface area contributed by atoms with Crippen molar-refractivity contribution in [3.63, 3.8) is 0 Å². The summed E-state index contributed by atoms with van der Waals surface area (Å²) in [5.74, 6) is 2.98. The minimum absolute atomic E-state index is 0. The second-order valence-electron chi connectivity index (χ2n) is 18.8. The third-order valence-corrected chi connectivity index (χ3v) is 14.3. The van der Waals surface area contributed by atoms with E-state index in [4.69, 9.17) is 0 Å². The topological polar surface area (TPSA) is 118 Å². The average molecular weight is 1320 g/mol. The molecule has 14 rings (SSSR count). The molecule has 2 aliphatic carbocycles. The van der Waals surface area contributed by atoms with Crippen LogP contribution in [0.15, 0.2) is 159 Å². The van der Waals surface area contributed by atoms with Crippen LogP contribution in [0.4, 0.5) is 34.6 Å². The van der Waals surface area contributed by atoms with Crippen molar-refractivity contribution in [1.82, 2.24) is 49.5 Å². The van der Waals surface area contributed by atoms with Gasteiger partial charge in [-0.1, -0.05) is 116 Å². The van der Waals surface area contributed by atoms with Gasteiger partial charge in [-0.2, -0.15) is 46.6 Å². The minimum atomic E-state index is -0.647. The third kappa shape index (κ3) is 7.20. The van der Waals surface area contributed by atoms with Gasteiger partial charge in [0, 0.05) is 21.4 Å². The Morgan fingerprint density at radius 3 is 1.09 bits per heavy atom.